The summed E-state index contributed by atoms with van der Waals surface area (Å²) in [4.78, 5) is 16.6. The number of nitrogens with one attached hydrogen (secondary N) is 1. The Bertz CT molecular complexity index is 857. The quantitative estimate of drug-likeness (QED) is 0.705. The Morgan fingerprint density at radius 1 is 1.17 bits per heavy atom. The van der Waals surface area contributed by atoms with Gasteiger partial charge in [0.25, 0.3) is 5.91 Å². The van der Waals surface area contributed by atoms with E-state index in [1.165, 1.54) is 12.1 Å². The lowest BCUT2D eigenvalue weighted by Gasteiger charge is -2.07. The summed E-state index contributed by atoms with van der Waals surface area (Å²) in [6.07, 6.45) is 1.52. The van der Waals surface area contributed by atoms with E-state index < -0.39 is 5.82 Å². The fourth-order valence-electron chi connectivity index (χ4n) is 2.86. The number of hydrogen-bond donors (Lipinski definition) is 1. The van der Waals surface area contributed by atoms with Crippen LogP contribution in [0.2, 0.25) is 0 Å². The zero-order chi connectivity index (χ0) is 16.9. The van der Waals surface area contributed by atoms with Crippen LogP contribution in [0.25, 0.3) is 11.0 Å². The first kappa shape index (κ1) is 16.2. The van der Waals surface area contributed by atoms with Crippen molar-refractivity contribution in [3.05, 3.63) is 65.7 Å². The van der Waals surface area contributed by atoms with Crippen LogP contribution in [0.4, 0.5) is 4.39 Å². The third-order valence-electron chi connectivity index (χ3n) is 4.03. The molecule has 0 spiro atoms. The van der Waals surface area contributed by atoms with Crippen molar-refractivity contribution >= 4 is 16.9 Å². The van der Waals surface area contributed by atoms with Crippen LogP contribution in [-0.2, 0) is 13.0 Å². The number of rotatable bonds is 6. The SMILES string of the molecule is CCn1c(CCCNC(=O)c2ccccc2F)nc2ccccc21. The van der Waals surface area contributed by atoms with Crippen LogP contribution in [0.1, 0.15) is 29.5 Å². The van der Waals surface area contributed by atoms with Crippen molar-refractivity contribution in [2.75, 3.05) is 6.54 Å². The number of aryl methyl sites for hydroxylation is 2. The largest absolute Gasteiger partial charge is 0.352 e. The van der Waals surface area contributed by atoms with E-state index in [1.54, 1.807) is 12.1 Å². The van der Waals surface area contributed by atoms with E-state index in [4.69, 9.17) is 0 Å². The highest BCUT2D eigenvalue weighted by Gasteiger charge is 2.11. The molecule has 0 saturated heterocycles. The molecule has 0 aliphatic heterocycles. The molecule has 124 valence electrons. The van der Waals surface area contributed by atoms with Crippen LogP contribution in [0.15, 0.2) is 48.5 Å². The molecule has 3 rings (SSSR count). The smallest absolute Gasteiger partial charge is 0.254 e. The second-order valence-electron chi connectivity index (χ2n) is 5.60. The first-order valence-electron chi connectivity index (χ1n) is 8.17. The monoisotopic (exact) mass is 325 g/mol. The molecule has 0 aliphatic carbocycles. The summed E-state index contributed by atoms with van der Waals surface area (Å²) < 4.78 is 15.7. The molecule has 1 N–H and O–H groups in total. The number of aromatic nitrogens is 2. The Morgan fingerprint density at radius 3 is 2.71 bits per heavy atom. The third-order valence-corrected chi connectivity index (χ3v) is 4.03. The van der Waals surface area contributed by atoms with Gasteiger partial charge in [-0.2, -0.15) is 0 Å². The van der Waals surface area contributed by atoms with Gasteiger partial charge in [-0.15, -0.1) is 0 Å². The number of nitrogens with zero attached hydrogens (tertiary/aromatic N) is 2. The minimum absolute atomic E-state index is 0.0818. The molecule has 2 aromatic carbocycles. The van der Waals surface area contributed by atoms with Gasteiger partial charge in [-0.3, -0.25) is 4.79 Å². The van der Waals surface area contributed by atoms with Gasteiger partial charge in [0.05, 0.1) is 16.6 Å². The van der Waals surface area contributed by atoms with E-state index in [0.29, 0.717) is 6.54 Å². The fraction of sp³-hybridized carbons (Fsp3) is 0.263. The van der Waals surface area contributed by atoms with Gasteiger partial charge in [0.1, 0.15) is 11.6 Å². The van der Waals surface area contributed by atoms with E-state index in [2.05, 4.69) is 27.9 Å². The van der Waals surface area contributed by atoms with Crippen molar-refractivity contribution in [2.45, 2.75) is 26.3 Å². The van der Waals surface area contributed by atoms with Crippen LogP contribution in [0, 0.1) is 5.82 Å². The van der Waals surface area contributed by atoms with E-state index in [1.807, 2.05) is 18.2 Å². The van der Waals surface area contributed by atoms with Gasteiger partial charge in [0, 0.05) is 19.5 Å². The Labute approximate surface area is 140 Å². The Kier molecular flexibility index (Phi) is 4.89. The van der Waals surface area contributed by atoms with Crippen molar-refractivity contribution < 1.29 is 9.18 Å². The highest BCUT2D eigenvalue weighted by molar-refractivity contribution is 5.94. The van der Waals surface area contributed by atoms with Gasteiger partial charge in [0.2, 0.25) is 0 Å². The van der Waals surface area contributed by atoms with Gasteiger partial charge < -0.3 is 9.88 Å². The van der Waals surface area contributed by atoms with E-state index in [-0.39, 0.29) is 11.5 Å². The summed E-state index contributed by atoms with van der Waals surface area (Å²) in [5, 5.41) is 2.77. The van der Waals surface area contributed by atoms with Crippen LogP contribution in [0.5, 0.6) is 0 Å². The Morgan fingerprint density at radius 2 is 1.92 bits per heavy atom. The van der Waals surface area contributed by atoms with Crippen molar-refractivity contribution in [1.82, 2.24) is 14.9 Å². The third kappa shape index (κ3) is 3.30. The molecule has 1 amide bonds. The van der Waals surface area contributed by atoms with Crippen molar-refractivity contribution in [3.8, 4) is 0 Å². The van der Waals surface area contributed by atoms with Crippen LogP contribution in [0.3, 0.4) is 0 Å². The van der Waals surface area contributed by atoms with E-state index in [0.717, 1.165) is 36.2 Å². The number of carbonyl (C=O) groups excluding carboxylic acids is 1. The summed E-state index contributed by atoms with van der Waals surface area (Å²) in [5.41, 5.74) is 2.20. The average molecular weight is 325 g/mol. The lowest BCUT2D eigenvalue weighted by atomic mass is 10.2. The molecule has 0 unspecified atom stereocenters. The second-order valence-corrected chi connectivity index (χ2v) is 5.60. The molecule has 4 nitrogen and oxygen atoms in total. The predicted molar refractivity (Wildman–Crippen MR) is 92.5 cm³/mol. The van der Waals surface area contributed by atoms with Crippen LogP contribution in [-0.4, -0.2) is 22.0 Å². The first-order valence-corrected chi connectivity index (χ1v) is 8.17. The number of halogens is 1. The lowest BCUT2D eigenvalue weighted by molar-refractivity contribution is 0.0949. The number of amides is 1. The first-order chi connectivity index (χ1) is 11.7. The minimum atomic E-state index is -0.497. The van der Waals surface area contributed by atoms with Gasteiger partial charge >= 0.3 is 0 Å². The van der Waals surface area contributed by atoms with Crippen molar-refractivity contribution in [3.63, 3.8) is 0 Å². The molecule has 0 radical (unpaired) electrons. The summed E-state index contributed by atoms with van der Waals surface area (Å²) in [7, 11) is 0. The topological polar surface area (TPSA) is 46.9 Å². The molecule has 1 heterocycles. The molecule has 1 aromatic heterocycles. The maximum atomic E-state index is 13.6. The molecule has 5 heteroatoms. The van der Waals surface area contributed by atoms with Crippen molar-refractivity contribution in [2.24, 2.45) is 0 Å². The number of para-hydroxylation sites is 2. The molecule has 0 fully saturated rings. The fourth-order valence-corrected chi connectivity index (χ4v) is 2.86. The molecule has 0 bridgehead atoms. The Hall–Kier alpha value is -2.69. The average Bonchev–Trinajstić information content (AvgIpc) is 2.96. The maximum Gasteiger partial charge on any atom is 0.254 e. The number of carbonyl (C=O) groups is 1. The van der Waals surface area contributed by atoms with Gasteiger partial charge in [-0.1, -0.05) is 24.3 Å². The summed E-state index contributed by atoms with van der Waals surface area (Å²) in [6, 6.07) is 14.1. The molecule has 0 saturated carbocycles. The standard InChI is InChI=1S/C19H20FN3O/c1-2-23-17-11-6-5-10-16(17)22-18(23)12-7-13-21-19(24)14-8-3-4-9-15(14)20/h3-6,8-11H,2,7,12-13H2,1H3,(H,21,24). The molecule has 0 aliphatic rings. The van der Waals surface area contributed by atoms with Crippen LogP contribution < -0.4 is 5.32 Å². The zero-order valence-electron chi connectivity index (χ0n) is 13.6. The number of imidazole rings is 1. The normalized spacial score (nSPS) is 10.9. The molecule has 0 atom stereocenters. The molecule has 24 heavy (non-hydrogen) atoms. The summed E-state index contributed by atoms with van der Waals surface area (Å²) >= 11 is 0. The second kappa shape index (κ2) is 7.25. The van der Waals surface area contributed by atoms with Gasteiger partial charge in [0.15, 0.2) is 0 Å². The number of hydrogen-bond acceptors (Lipinski definition) is 2. The number of fused-ring (bicyclic) bond motifs is 1. The summed E-state index contributed by atoms with van der Waals surface area (Å²) in [5.74, 6) is 0.138. The number of benzene rings is 2. The highest BCUT2D eigenvalue weighted by Crippen LogP contribution is 2.16. The zero-order valence-corrected chi connectivity index (χ0v) is 13.6. The van der Waals surface area contributed by atoms with Gasteiger partial charge in [-0.25, -0.2) is 9.37 Å². The predicted octanol–water partition coefficient (Wildman–Crippen LogP) is 3.56. The lowest BCUT2D eigenvalue weighted by Crippen LogP contribution is -2.25. The highest BCUT2D eigenvalue weighted by atomic mass is 19.1. The molecular formula is C19H20FN3O. The van der Waals surface area contributed by atoms with E-state index in [9.17, 15) is 9.18 Å². The van der Waals surface area contributed by atoms with E-state index >= 15 is 0 Å². The minimum Gasteiger partial charge on any atom is -0.352 e. The summed E-state index contributed by atoms with van der Waals surface area (Å²) in [6.45, 7) is 3.44. The Balaban J connectivity index is 1.59. The maximum absolute atomic E-state index is 13.6. The molecule has 3 aromatic rings. The van der Waals surface area contributed by atoms with Crippen molar-refractivity contribution in [1.29, 1.82) is 0 Å². The van der Waals surface area contributed by atoms with Crippen LogP contribution >= 0.6 is 0 Å². The molecular weight excluding hydrogens is 305 g/mol. The van der Waals surface area contributed by atoms with Gasteiger partial charge in [-0.05, 0) is 37.6 Å².